The van der Waals surface area contributed by atoms with Gasteiger partial charge in [0.05, 0.1) is 6.17 Å². The number of hydrogen-bond donors (Lipinski definition) is 2. The fourth-order valence-corrected chi connectivity index (χ4v) is 5.54. The normalized spacial score (nSPS) is 30.5. The van der Waals surface area contributed by atoms with Crippen LogP contribution < -0.4 is 21.4 Å². The lowest BCUT2D eigenvalue weighted by atomic mass is 9.62. The van der Waals surface area contributed by atoms with E-state index in [9.17, 15) is 9.59 Å². The van der Waals surface area contributed by atoms with E-state index in [4.69, 9.17) is 19.6 Å². The third-order valence-corrected chi connectivity index (χ3v) is 7.57. The van der Waals surface area contributed by atoms with Crippen LogP contribution in [-0.4, -0.2) is 23.3 Å². The van der Waals surface area contributed by atoms with E-state index in [1.165, 1.54) is 6.07 Å². The summed E-state index contributed by atoms with van der Waals surface area (Å²) in [5.41, 5.74) is 6.99. The summed E-state index contributed by atoms with van der Waals surface area (Å²) >= 11 is 0. The Morgan fingerprint density at radius 3 is 2.88 bits per heavy atom. The third-order valence-electron chi connectivity index (χ3n) is 7.57. The van der Waals surface area contributed by atoms with Gasteiger partial charge in [-0.15, -0.1) is 0 Å². The number of fused-ring (bicyclic) bond motifs is 2. The van der Waals surface area contributed by atoms with Gasteiger partial charge in [-0.1, -0.05) is 12.2 Å². The number of nitrogens with one attached hydrogen (secondary N) is 1. The number of esters is 1. The van der Waals surface area contributed by atoms with E-state index in [2.05, 4.69) is 5.32 Å². The molecule has 1 aromatic carbocycles. The average Bonchev–Trinajstić information content (AvgIpc) is 3.19. The van der Waals surface area contributed by atoms with Crippen LogP contribution in [0.15, 0.2) is 69.1 Å². The van der Waals surface area contributed by atoms with Crippen molar-refractivity contribution in [2.45, 2.75) is 63.8 Å². The molecule has 1 fully saturated rings. The molecule has 3 aliphatic rings. The monoisotopic (exact) mass is 462 g/mol. The van der Waals surface area contributed by atoms with Gasteiger partial charge in [-0.25, -0.2) is 9.59 Å². The molecule has 1 aromatic heterocycles. The molecule has 4 atom stereocenters. The highest BCUT2D eigenvalue weighted by molar-refractivity contribution is 5.88. The first kappa shape index (κ1) is 22.5. The Hall–Kier alpha value is -3.32. The van der Waals surface area contributed by atoms with Crippen molar-refractivity contribution in [3.8, 4) is 5.75 Å². The first-order valence-electron chi connectivity index (χ1n) is 11.8. The Morgan fingerprint density at radius 2 is 2.15 bits per heavy atom. The molecule has 7 heteroatoms. The summed E-state index contributed by atoms with van der Waals surface area (Å²) in [5.74, 6) is 0.279. The van der Waals surface area contributed by atoms with E-state index in [1.807, 2.05) is 38.3 Å². The van der Waals surface area contributed by atoms with Crippen molar-refractivity contribution in [3.63, 3.8) is 0 Å². The first-order chi connectivity index (χ1) is 16.2. The fourth-order valence-electron chi connectivity index (χ4n) is 5.54. The zero-order chi connectivity index (χ0) is 24.1. The molecule has 3 N–H and O–H groups in total. The van der Waals surface area contributed by atoms with Crippen LogP contribution in [0.25, 0.3) is 11.0 Å². The predicted molar refractivity (Wildman–Crippen MR) is 129 cm³/mol. The number of benzene rings is 1. The van der Waals surface area contributed by atoms with Crippen molar-refractivity contribution in [3.05, 3.63) is 75.8 Å². The molecule has 2 aromatic rings. The van der Waals surface area contributed by atoms with Crippen molar-refractivity contribution >= 4 is 16.9 Å². The van der Waals surface area contributed by atoms with Gasteiger partial charge in [-0.3, -0.25) is 0 Å². The molecular formula is C27H30N2O5. The van der Waals surface area contributed by atoms with Gasteiger partial charge in [0.2, 0.25) is 0 Å². The van der Waals surface area contributed by atoms with Gasteiger partial charge < -0.3 is 24.9 Å². The topological polar surface area (TPSA) is 104 Å². The van der Waals surface area contributed by atoms with E-state index < -0.39 is 16.8 Å². The third kappa shape index (κ3) is 3.55. The Balaban J connectivity index is 1.63. The lowest BCUT2D eigenvalue weighted by Gasteiger charge is -2.52. The molecule has 1 aliphatic carbocycles. The lowest BCUT2D eigenvalue weighted by molar-refractivity contribution is -0.198. The van der Waals surface area contributed by atoms with Gasteiger partial charge in [0, 0.05) is 41.6 Å². The van der Waals surface area contributed by atoms with Gasteiger partial charge in [-0.05, 0) is 69.4 Å². The molecule has 1 spiro atoms. The molecule has 7 nitrogen and oxygen atoms in total. The second-order valence-electron chi connectivity index (χ2n) is 9.65. The van der Waals surface area contributed by atoms with Crippen LogP contribution in [0.5, 0.6) is 5.75 Å². The minimum atomic E-state index is -0.877. The molecule has 5 rings (SSSR count). The maximum Gasteiger partial charge on any atom is 0.336 e. The van der Waals surface area contributed by atoms with Crippen molar-refractivity contribution in [2.24, 2.45) is 11.7 Å². The molecule has 178 valence electrons. The number of allylic oxidation sites excluding steroid dienone is 2. The lowest BCUT2D eigenvalue weighted by Crippen LogP contribution is -2.64. The Kier molecular flexibility index (Phi) is 5.40. The van der Waals surface area contributed by atoms with E-state index in [-0.39, 0.29) is 18.1 Å². The number of carbonyl (C=O) groups is 1. The van der Waals surface area contributed by atoms with E-state index in [0.29, 0.717) is 29.7 Å². The molecule has 0 radical (unpaired) electrons. The maximum absolute atomic E-state index is 13.0. The van der Waals surface area contributed by atoms with Crippen LogP contribution in [0.2, 0.25) is 0 Å². The van der Waals surface area contributed by atoms with E-state index >= 15 is 0 Å². The van der Waals surface area contributed by atoms with Crippen molar-refractivity contribution in [1.82, 2.24) is 5.32 Å². The SMILES string of the molecule is CC=C(C)C(=O)OC1(C)CCCC(C2=CNC(N)C=C2)C12Cc1cc3ccc(=O)oc3cc1O2. The summed E-state index contributed by atoms with van der Waals surface area (Å²) in [5, 5.41) is 4.02. The zero-order valence-corrected chi connectivity index (χ0v) is 19.7. The van der Waals surface area contributed by atoms with Crippen molar-refractivity contribution in [1.29, 1.82) is 0 Å². The molecule has 0 amide bonds. The van der Waals surface area contributed by atoms with Gasteiger partial charge in [-0.2, -0.15) is 0 Å². The quantitative estimate of drug-likeness (QED) is 0.405. The largest absolute Gasteiger partial charge is 0.482 e. The highest BCUT2D eigenvalue weighted by Crippen LogP contribution is 2.55. The second-order valence-corrected chi connectivity index (χ2v) is 9.65. The maximum atomic E-state index is 13.0. The Bertz CT molecular complexity index is 1310. The number of hydrogen-bond acceptors (Lipinski definition) is 7. The molecule has 1 saturated carbocycles. The van der Waals surface area contributed by atoms with Gasteiger partial charge in [0.25, 0.3) is 0 Å². The summed E-state index contributed by atoms with van der Waals surface area (Å²) in [7, 11) is 0. The fraction of sp³-hybridized carbons (Fsp3) is 0.407. The van der Waals surface area contributed by atoms with Gasteiger partial charge in [0.15, 0.2) is 5.60 Å². The number of ether oxygens (including phenoxy) is 2. The number of dihydropyridines is 1. The summed E-state index contributed by atoms with van der Waals surface area (Å²) in [6, 6.07) is 6.97. The second kappa shape index (κ2) is 8.17. The standard InChI is InChI=1S/C27H30N2O5/c1-4-16(2)25(31)34-26(3)11-5-6-20(18-7-9-23(28)29-15-18)27(26)14-19-12-17-8-10-24(30)32-21(17)13-22(19)33-27/h4,7-10,12-13,15,20,23,29H,5-6,11,14,28H2,1-3H3. The highest BCUT2D eigenvalue weighted by atomic mass is 16.6. The molecule has 3 heterocycles. The number of rotatable bonds is 3. The summed E-state index contributed by atoms with van der Waals surface area (Å²) in [6.45, 7) is 5.57. The average molecular weight is 463 g/mol. The minimum absolute atomic E-state index is 0.0382. The van der Waals surface area contributed by atoms with Crippen LogP contribution in [0, 0.1) is 5.92 Å². The molecule has 0 bridgehead atoms. The van der Waals surface area contributed by atoms with Crippen LogP contribution in [-0.2, 0) is 16.0 Å². The smallest absolute Gasteiger partial charge is 0.336 e. The minimum Gasteiger partial charge on any atom is -0.482 e. The number of carbonyl (C=O) groups excluding carboxylic acids is 1. The van der Waals surface area contributed by atoms with E-state index in [0.717, 1.165) is 29.4 Å². The first-order valence-corrected chi connectivity index (χ1v) is 11.8. The van der Waals surface area contributed by atoms with Crippen molar-refractivity contribution in [2.75, 3.05) is 0 Å². The van der Waals surface area contributed by atoms with Crippen molar-refractivity contribution < 1.29 is 18.7 Å². The van der Waals surface area contributed by atoms with Crippen LogP contribution in [0.4, 0.5) is 0 Å². The van der Waals surface area contributed by atoms with Crippen LogP contribution in [0.1, 0.15) is 45.6 Å². The summed E-state index contributed by atoms with van der Waals surface area (Å²) in [6.07, 6.45) is 10.5. The summed E-state index contributed by atoms with van der Waals surface area (Å²) in [4.78, 5) is 24.7. The van der Waals surface area contributed by atoms with Gasteiger partial charge in [0.1, 0.15) is 16.9 Å². The molecule has 0 saturated heterocycles. The number of nitrogens with two attached hydrogens (primary N) is 1. The molecule has 34 heavy (non-hydrogen) atoms. The Morgan fingerprint density at radius 1 is 1.32 bits per heavy atom. The van der Waals surface area contributed by atoms with E-state index in [1.54, 1.807) is 25.1 Å². The molecule has 2 aliphatic heterocycles. The zero-order valence-electron chi connectivity index (χ0n) is 19.7. The predicted octanol–water partition coefficient (Wildman–Crippen LogP) is 3.86. The Labute approximate surface area is 198 Å². The molecule has 4 unspecified atom stereocenters. The summed E-state index contributed by atoms with van der Waals surface area (Å²) < 4.78 is 18.5. The van der Waals surface area contributed by atoms with Crippen LogP contribution >= 0.6 is 0 Å². The molecular weight excluding hydrogens is 432 g/mol. The van der Waals surface area contributed by atoms with Crippen LogP contribution in [0.3, 0.4) is 0 Å². The highest BCUT2D eigenvalue weighted by Gasteiger charge is 2.63. The van der Waals surface area contributed by atoms with Gasteiger partial charge >= 0.3 is 11.6 Å².